The van der Waals surface area contributed by atoms with Crippen LogP contribution < -0.4 is 5.56 Å². The Morgan fingerprint density at radius 2 is 2.29 bits per heavy atom. The summed E-state index contributed by atoms with van der Waals surface area (Å²) in [5.41, 5.74) is 0.374. The molecule has 1 aliphatic heterocycles. The molecule has 1 atom stereocenters. The summed E-state index contributed by atoms with van der Waals surface area (Å²) in [5.74, 6) is -0.0727. The number of aromatic nitrogens is 1. The van der Waals surface area contributed by atoms with Crippen LogP contribution in [0.25, 0.3) is 0 Å². The summed E-state index contributed by atoms with van der Waals surface area (Å²) in [5, 5.41) is 0. The van der Waals surface area contributed by atoms with Crippen LogP contribution in [0.2, 0.25) is 0 Å². The molecule has 0 radical (unpaired) electrons. The van der Waals surface area contributed by atoms with E-state index in [1.807, 2.05) is 0 Å². The lowest BCUT2D eigenvalue weighted by molar-refractivity contribution is -0.140. The smallest absolute Gasteiger partial charge is 0.262 e. The van der Waals surface area contributed by atoms with E-state index in [0.717, 1.165) is 0 Å². The normalized spacial score (nSPS) is 18.6. The quantitative estimate of drug-likeness (QED) is 0.868. The number of ether oxygens (including phenoxy) is 1. The fourth-order valence-corrected chi connectivity index (χ4v) is 2.77. The van der Waals surface area contributed by atoms with Gasteiger partial charge in [0.15, 0.2) is 0 Å². The molecule has 7 heteroatoms. The molecule has 0 saturated carbocycles. The van der Waals surface area contributed by atoms with Crippen molar-refractivity contribution >= 4 is 27.6 Å². The van der Waals surface area contributed by atoms with Gasteiger partial charge in [-0.25, -0.2) is 0 Å². The molecular weight excluding hydrogens is 340 g/mol. The first kappa shape index (κ1) is 15.9. The molecule has 0 aliphatic carbocycles. The molecule has 1 saturated heterocycles. The van der Waals surface area contributed by atoms with Crippen LogP contribution in [0.4, 0.5) is 0 Å². The molecule has 1 aromatic rings. The molecule has 2 heterocycles. The predicted molar refractivity (Wildman–Crippen MR) is 80.1 cm³/mol. The zero-order chi connectivity index (χ0) is 15.4. The first-order valence-corrected chi connectivity index (χ1v) is 7.51. The molecule has 1 aromatic heterocycles. The molecule has 0 spiro atoms. The number of carbonyl (C=O) groups excluding carboxylic acids is 2. The fourth-order valence-electron chi connectivity index (χ4n) is 2.39. The summed E-state index contributed by atoms with van der Waals surface area (Å²) < 4.78 is 5.72. The van der Waals surface area contributed by atoms with Gasteiger partial charge < -0.3 is 14.6 Å². The number of rotatable bonds is 4. The van der Waals surface area contributed by atoms with E-state index in [1.165, 1.54) is 13.1 Å². The lowest BCUT2D eigenvalue weighted by atomic mass is 10.1. The van der Waals surface area contributed by atoms with E-state index in [9.17, 15) is 14.4 Å². The summed E-state index contributed by atoms with van der Waals surface area (Å²) >= 11 is 3.19. The Morgan fingerprint density at radius 1 is 1.52 bits per heavy atom. The first-order valence-electron chi connectivity index (χ1n) is 6.71. The minimum atomic E-state index is -0.262. The zero-order valence-corrected chi connectivity index (χ0v) is 13.3. The highest BCUT2D eigenvalue weighted by Crippen LogP contribution is 2.16. The van der Waals surface area contributed by atoms with E-state index in [1.54, 1.807) is 11.0 Å². The first-order chi connectivity index (χ1) is 9.99. The molecular formula is C14H17BrN2O4. The van der Waals surface area contributed by atoms with Gasteiger partial charge in [-0.1, -0.05) is 0 Å². The number of pyridine rings is 1. The van der Waals surface area contributed by atoms with Crippen molar-refractivity contribution in [2.24, 2.45) is 0 Å². The highest BCUT2D eigenvalue weighted by molar-refractivity contribution is 9.10. The lowest BCUT2D eigenvalue weighted by Crippen LogP contribution is -2.50. The minimum absolute atomic E-state index is 0.0284. The van der Waals surface area contributed by atoms with Gasteiger partial charge in [0.2, 0.25) is 5.91 Å². The Morgan fingerprint density at radius 3 is 3.00 bits per heavy atom. The highest BCUT2D eigenvalue weighted by Gasteiger charge is 2.28. The van der Waals surface area contributed by atoms with Crippen LogP contribution in [0, 0.1) is 0 Å². The van der Waals surface area contributed by atoms with Gasteiger partial charge in [0.25, 0.3) is 5.56 Å². The number of aromatic amines is 1. The van der Waals surface area contributed by atoms with Crippen molar-refractivity contribution in [2.75, 3.05) is 19.8 Å². The third kappa shape index (κ3) is 4.01. The van der Waals surface area contributed by atoms with E-state index in [2.05, 4.69) is 20.9 Å². The molecule has 1 fully saturated rings. The van der Waals surface area contributed by atoms with E-state index >= 15 is 0 Å². The Bertz CT molecular complexity index is 599. The van der Waals surface area contributed by atoms with Crippen molar-refractivity contribution in [3.05, 3.63) is 32.7 Å². The third-order valence-electron chi connectivity index (χ3n) is 3.39. The van der Waals surface area contributed by atoms with Crippen LogP contribution in [0.3, 0.4) is 0 Å². The Hall–Kier alpha value is -1.47. The average Bonchev–Trinajstić information content (AvgIpc) is 2.44. The molecule has 0 bridgehead atoms. The molecule has 21 heavy (non-hydrogen) atoms. The maximum absolute atomic E-state index is 12.4. The molecule has 6 nitrogen and oxygen atoms in total. The SMILES string of the molecule is CC(=O)CC1COCCN1C(=O)Cc1cc[nH]c(=O)c1Br. The maximum atomic E-state index is 12.4. The van der Waals surface area contributed by atoms with Gasteiger partial charge in [0.1, 0.15) is 5.78 Å². The lowest BCUT2D eigenvalue weighted by Gasteiger charge is -2.35. The summed E-state index contributed by atoms with van der Waals surface area (Å²) in [6.07, 6.45) is 1.93. The number of nitrogens with one attached hydrogen (secondary N) is 1. The van der Waals surface area contributed by atoms with Gasteiger partial charge in [-0.15, -0.1) is 0 Å². The second-order valence-electron chi connectivity index (χ2n) is 5.04. The van der Waals surface area contributed by atoms with Gasteiger partial charge >= 0.3 is 0 Å². The minimum Gasteiger partial charge on any atom is -0.377 e. The zero-order valence-electron chi connectivity index (χ0n) is 11.7. The monoisotopic (exact) mass is 356 g/mol. The number of nitrogens with zero attached hydrogens (tertiary/aromatic N) is 1. The van der Waals surface area contributed by atoms with Crippen molar-refractivity contribution in [1.29, 1.82) is 0 Å². The van der Waals surface area contributed by atoms with Crippen LogP contribution >= 0.6 is 15.9 Å². The molecule has 1 N–H and O–H groups in total. The number of ketones is 1. The molecule has 2 rings (SSSR count). The van der Waals surface area contributed by atoms with E-state index < -0.39 is 0 Å². The second kappa shape index (κ2) is 7.00. The van der Waals surface area contributed by atoms with Gasteiger partial charge in [-0.05, 0) is 34.5 Å². The van der Waals surface area contributed by atoms with Gasteiger partial charge in [-0.3, -0.25) is 14.4 Å². The Labute approximate surface area is 130 Å². The number of hydrogen-bond acceptors (Lipinski definition) is 4. The van der Waals surface area contributed by atoms with E-state index in [4.69, 9.17) is 4.74 Å². The molecule has 1 unspecified atom stereocenters. The number of amides is 1. The van der Waals surface area contributed by atoms with Gasteiger partial charge in [-0.2, -0.15) is 0 Å². The topological polar surface area (TPSA) is 79.5 Å². The van der Waals surface area contributed by atoms with Crippen molar-refractivity contribution in [2.45, 2.75) is 25.8 Å². The summed E-state index contributed by atoms with van der Waals surface area (Å²) in [7, 11) is 0. The van der Waals surface area contributed by atoms with Crippen LogP contribution in [0.15, 0.2) is 21.5 Å². The predicted octanol–water partition coefficient (Wildman–Crippen LogP) is 0.886. The number of morpholine rings is 1. The Balaban J connectivity index is 2.12. The van der Waals surface area contributed by atoms with Crippen LogP contribution in [0.5, 0.6) is 0 Å². The summed E-state index contributed by atoms with van der Waals surface area (Å²) in [4.78, 5) is 39.5. The standard InChI is InChI=1S/C14H17BrN2O4/c1-9(18)6-11-8-21-5-4-17(11)12(19)7-10-2-3-16-14(20)13(10)15/h2-3,11H,4-8H2,1H3,(H,16,20). The van der Waals surface area contributed by atoms with Crippen LogP contribution in [-0.4, -0.2) is 47.4 Å². The average molecular weight is 357 g/mol. The van der Waals surface area contributed by atoms with Crippen molar-refractivity contribution in [1.82, 2.24) is 9.88 Å². The van der Waals surface area contributed by atoms with Crippen LogP contribution in [-0.2, 0) is 20.7 Å². The molecule has 114 valence electrons. The maximum Gasteiger partial charge on any atom is 0.262 e. The second-order valence-corrected chi connectivity index (χ2v) is 5.84. The molecule has 1 aliphatic rings. The summed E-state index contributed by atoms with van der Waals surface area (Å²) in [6, 6.07) is 1.48. The molecule has 0 aromatic carbocycles. The van der Waals surface area contributed by atoms with E-state index in [0.29, 0.717) is 36.2 Å². The number of Topliss-reactive ketones (excluding diaryl/α,β-unsaturated/α-hetero) is 1. The summed E-state index contributed by atoms with van der Waals surface area (Å²) in [6.45, 7) is 2.82. The van der Waals surface area contributed by atoms with Gasteiger partial charge in [0, 0.05) is 19.2 Å². The van der Waals surface area contributed by atoms with Gasteiger partial charge in [0.05, 0.1) is 30.1 Å². The highest BCUT2D eigenvalue weighted by atomic mass is 79.9. The van der Waals surface area contributed by atoms with Crippen molar-refractivity contribution in [3.8, 4) is 0 Å². The number of halogens is 1. The van der Waals surface area contributed by atoms with Crippen molar-refractivity contribution in [3.63, 3.8) is 0 Å². The fraction of sp³-hybridized carbons (Fsp3) is 0.500. The number of H-pyrrole nitrogens is 1. The van der Waals surface area contributed by atoms with E-state index in [-0.39, 0.29) is 29.7 Å². The number of carbonyl (C=O) groups is 2. The largest absolute Gasteiger partial charge is 0.377 e. The third-order valence-corrected chi connectivity index (χ3v) is 4.26. The number of hydrogen-bond donors (Lipinski definition) is 1. The van der Waals surface area contributed by atoms with Crippen LogP contribution in [0.1, 0.15) is 18.9 Å². The molecule has 1 amide bonds. The Kier molecular flexibility index (Phi) is 5.30. The van der Waals surface area contributed by atoms with Crippen molar-refractivity contribution < 1.29 is 14.3 Å².